The molecule has 0 saturated carbocycles. The number of nitrogens with zero attached hydrogens (tertiary/aromatic N) is 4. The van der Waals surface area contributed by atoms with Crippen LogP contribution in [0.2, 0.25) is 0 Å². The maximum absolute atomic E-state index is 12.6. The molecule has 2 aliphatic rings. The Labute approximate surface area is 197 Å². The summed E-state index contributed by atoms with van der Waals surface area (Å²) < 4.78 is 10.7. The third kappa shape index (κ3) is 4.52. The standard InChI is InChI=1S/C24H28N4O6/c1-5-33-22(29)18-9-7-6-8-17(18)21-19(28(31)32)10-11-20(25-21)26-13-16-12-15(26)14-27(16)23(30)34-24(2,3)4/h6-11,15-16H,5,12-14H2,1-4H3/t15-,16-/m1/s1. The minimum absolute atomic E-state index is 0.0212. The smallest absolute Gasteiger partial charge is 0.410 e. The van der Waals surface area contributed by atoms with Crippen molar-refractivity contribution in [1.29, 1.82) is 0 Å². The Morgan fingerprint density at radius 2 is 1.88 bits per heavy atom. The van der Waals surface area contributed by atoms with E-state index in [0.717, 1.165) is 6.42 Å². The first-order valence-electron chi connectivity index (χ1n) is 11.3. The van der Waals surface area contributed by atoms with E-state index in [1.165, 1.54) is 6.07 Å². The molecular formula is C24H28N4O6. The number of ether oxygens (including phenoxy) is 2. The summed E-state index contributed by atoms with van der Waals surface area (Å²) >= 11 is 0. The van der Waals surface area contributed by atoms with E-state index in [-0.39, 0.29) is 41.7 Å². The lowest BCUT2D eigenvalue weighted by Gasteiger charge is -2.35. The quantitative estimate of drug-likeness (QED) is 0.367. The first kappa shape index (κ1) is 23.5. The average molecular weight is 469 g/mol. The molecule has 10 heteroatoms. The molecule has 2 aromatic rings. The van der Waals surface area contributed by atoms with Crippen molar-refractivity contribution in [3.05, 3.63) is 52.1 Å². The second kappa shape index (κ2) is 8.92. The number of esters is 1. The van der Waals surface area contributed by atoms with Crippen LogP contribution in [0, 0.1) is 10.1 Å². The fourth-order valence-corrected chi connectivity index (χ4v) is 4.52. The van der Waals surface area contributed by atoms with E-state index in [1.807, 2.05) is 20.8 Å². The van der Waals surface area contributed by atoms with Crippen LogP contribution in [0.5, 0.6) is 0 Å². The number of rotatable bonds is 5. The molecule has 2 bridgehead atoms. The van der Waals surface area contributed by atoms with Crippen molar-refractivity contribution in [3.63, 3.8) is 0 Å². The second-order valence-corrected chi connectivity index (χ2v) is 9.39. The van der Waals surface area contributed by atoms with Crippen LogP contribution in [0.15, 0.2) is 36.4 Å². The SMILES string of the molecule is CCOC(=O)c1ccccc1-c1nc(N2C[C@H]3C[C@@H]2CN3C(=O)OC(C)(C)C)ccc1[N+](=O)[O-]. The number of piperazine rings is 1. The highest BCUT2D eigenvalue weighted by molar-refractivity contribution is 5.98. The maximum atomic E-state index is 12.6. The molecule has 0 unspecified atom stereocenters. The molecule has 1 amide bonds. The molecule has 34 heavy (non-hydrogen) atoms. The topological polar surface area (TPSA) is 115 Å². The van der Waals surface area contributed by atoms with Gasteiger partial charge in [0.25, 0.3) is 5.69 Å². The van der Waals surface area contributed by atoms with E-state index in [2.05, 4.69) is 9.88 Å². The Morgan fingerprint density at radius 1 is 1.15 bits per heavy atom. The number of anilines is 1. The van der Waals surface area contributed by atoms with Crippen LogP contribution in [0.1, 0.15) is 44.5 Å². The van der Waals surface area contributed by atoms with Crippen molar-refractivity contribution in [1.82, 2.24) is 9.88 Å². The van der Waals surface area contributed by atoms with Gasteiger partial charge in [-0.2, -0.15) is 0 Å². The van der Waals surface area contributed by atoms with Gasteiger partial charge < -0.3 is 19.3 Å². The molecule has 1 aromatic carbocycles. The van der Waals surface area contributed by atoms with Crippen LogP contribution in [-0.2, 0) is 9.47 Å². The van der Waals surface area contributed by atoms with Gasteiger partial charge in [-0.25, -0.2) is 14.6 Å². The summed E-state index contributed by atoms with van der Waals surface area (Å²) in [6, 6.07) is 9.62. The molecule has 0 radical (unpaired) electrons. The number of pyridine rings is 1. The molecule has 10 nitrogen and oxygen atoms in total. The largest absolute Gasteiger partial charge is 0.462 e. The van der Waals surface area contributed by atoms with Crippen LogP contribution < -0.4 is 4.90 Å². The normalized spacial score (nSPS) is 19.3. The number of hydrogen-bond donors (Lipinski definition) is 0. The number of amides is 1. The van der Waals surface area contributed by atoms with Gasteiger partial charge in [0, 0.05) is 24.7 Å². The van der Waals surface area contributed by atoms with Crippen molar-refractivity contribution in [2.75, 3.05) is 24.6 Å². The first-order chi connectivity index (χ1) is 16.1. The Morgan fingerprint density at radius 3 is 2.50 bits per heavy atom. The number of carbonyl (C=O) groups is 2. The Bertz CT molecular complexity index is 1130. The molecule has 0 spiro atoms. The van der Waals surface area contributed by atoms with E-state index in [1.54, 1.807) is 42.2 Å². The van der Waals surface area contributed by atoms with Gasteiger partial charge >= 0.3 is 12.1 Å². The summed E-state index contributed by atoms with van der Waals surface area (Å²) in [5.41, 5.74) is -0.0942. The predicted octanol–water partition coefficient (Wildman–Crippen LogP) is 4.03. The van der Waals surface area contributed by atoms with E-state index in [4.69, 9.17) is 9.47 Å². The number of nitro groups is 1. The Hall–Kier alpha value is -3.69. The van der Waals surface area contributed by atoms with Crippen molar-refractivity contribution in [2.24, 2.45) is 0 Å². The number of likely N-dealkylation sites (tertiary alicyclic amines) is 1. The zero-order valence-corrected chi connectivity index (χ0v) is 19.7. The average Bonchev–Trinajstić information content (AvgIpc) is 3.39. The molecule has 1 aromatic heterocycles. The van der Waals surface area contributed by atoms with Crippen molar-refractivity contribution < 1.29 is 24.0 Å². The number of carbonyl (C=O) groups excluding carboxylic acids is 2. The van der Waals surface area contributed by atoms with Crippen LogP contribution in [0.4, 0.5) is 16.3 Å². The van der Waals surface area contributed by atoms with E-state index >= 15 is 0 Å². The number of benzene rings is 1. The van der Waals surface area contributed by atoms with Gasteiger partial charge in [0.2, 0.25) is 0 Å². The zero-order chi connectivity index (χ0) is 24.6. The van der Waals surface area contributed by atoms with Gasteiger partial charge in [-0.05, 0) is 46.2 Å². The third-order valence-electron chi connectivity index (χ3n) is 5.90. The van der Waals surface area contributed by atoms with Gasteiger partial charge in [-0.3, -0.25) is 10.1 Å². The maximum Gasteiger partial charge on any atom is 0.410 e. The number of hydrogen-bond acceptors (Lipinski definition) is 8. The zero-order valence-electron chi connectivity index (χ0n) is 19.7. The molecule has 0 aliphatic carbocycles. The highest BCUT2D eigenvalue weighted by Crippen LogP contribution is 2.38. The Kier molecular flexibility index (Phi) is 6.16. The van der Waals surface area contributed by atoms with Gasteiger partial charge in [-0.15, -0.1) is 0 Å². The van der Waals surface area contributed by atoms with E-state index < -0.39 is 16.5 Å². The lowest BCUT2D eigenvalue weighted by molar-refractivity contribution is -0.384. The monoisotopic (exact) mass is 468 g/mol. The van der Waals surface area contributed by atoms with Gasteiger partial charge in [0.05, 0.1) is 29.2 Å². The van der Waals surface area contributed by atoms with Crippen LogP contribution >= 0.6 is 0 Å². The molecule has 0 N–H and O–H groups in total. The highest BCUT2D eigenvalue weighted by atomic mass is 16.6. The van der Waals surface area contributed by atoms with Crippen molar-refractivity contribution in [2.45, 2.75) is 51.8 Å². The minimum Gasteiger partial charge on any atom is -0.462 e. The Balaban J connectivity index is 1.64. The van der Waals surface area contributed by atoms with E-state index in [9.17, 15) is 19.7 Å². The van der Waals surface area contributed by atoms with Crippen LogP contribution in [-0.4, -0.2) is 64.3 Å². The van der Waals surface area contributed by atoms with Crippen LogP contribution in [0.25, 0.3) is 11.3 Å². The molecule has 3 heterocycles. The molecule has 180 valence electrons. The summed E-state index contributed by atoms with van der Waals surface area (Å²) in [6.07, 6.45) is 0.437. The summed E-state index contributed by atoms with van der Waals surface area (Å²) in [5, 5.41) is 11.8. The minimum atomic E-state index is -0.570. The van der Waals surface area contributed by atoms with E-state index in [0.29, 0.717) is 24.5 Å². The lowest BCUT2D eigenvalue weighted by Crippen LogP contribution is -2.50. The van der Waals surface area contributed by atoms with Crippen molar-refractivity contribution in [3.8, 4) is 11.3 Å². The molecule has 2 saturated heterocycles. The summed E-state index contributed by atoms with van der Waals surface area (Å²) in [6.45, 7) is 8.44. The summed E-state index contributed by atoms with van der Waals surface area (Å²) in [4.78, 5) is 44.8. The summed E-state index contributed by atoms with van der Waals surface area (Å²) in [7, 11) is 0. The third-order valence-corrected chi connectivity index (χ3v) is 5.90. The molecule has 2 atom stereocenters. The fourth-order valence-electron chi connectivity index (χ4n) is 4.52. The predicted molar refractivity (Wildman–Crippen MR) is 125 cm³/mol. The van der Waals surface area contributed by atoms with Gasteiger partial charge in [0.15, 0.2) is 5.69 Å². The van der Waals surface area contributed by atoms with Crippen LogP contribution in [0.3, 0.4) is 0 Å². The molecule has 4 rings (SSSR count). The van der Waals surface area contributed by atoms with Crippen molar-refractivity contribution >= 4 is 23.6 Å². The number of fused-ring (bicyclic) bond motifs is 2. The fraction of sp³-hybridized carbons (Fsp3) is 0.458. The lowest BCUT2D eigenvalue weighted by atomic mass is 10.0. The van der Waals surface area contributed by atoms with Gasteiger partial charge in [-0.1, -0.05) is 18.2 Å². The second-order valence-electron chi connectivity index (χ2n) is 9.39. The highest BCUT2D eigenvalue weighted by Gasteiger charge is 2.47. The molecule has 2 aliphatic heterocycles. The first-order valence-corrected chi connectivity index (χ1v) is 11.3. The molecule has 2 fully saturated rings. The summed E-state index contributed by atoms with van der Waals surface area (Å²) in [5.74, 6) is 0.00318. The van der Waals surface area contributed by atoms with Gasteiger partial charge in [0.1, 0.15) is 11.4 Å². The number of aromatic nitrogens is 1. The molecular weight excluding hydrogens is 440 g/mol.